The molecule has 1 aliphatic heterocycles. The molecule has 3 rings (SSSR count). The van der Waals surface area contributed by atoms with E-state index in [0.717, 1.165) is 47.2 Å². The number of rotatable bonds is 2. The SMILES string of the molecule is CC(=O)Nc1ccc2nc(N3CCN(C)CC3)sc2c1. The van der Waals surface area contributed by atoms with Crippen molar-refractivity contribution in [1.82, 2.24) is 9.88 Å². The number of aromatic nitrogens is 1. The summed E-state index contributed by atoms with van der Waals surface area (Å²) in [6.07, 6.45) is 0. The number of nitrogens with zero attached hydrogens (tertiary/aromatic N) is 3. The minimum Gasteiger partial charge on any atom is -0.345 e. The van der Waals surface area contributed by atoms with Gasteiger partial charge in [0.1, 0.15) is 0 Å². The summed E-state index contributed by atoms with van der Waals surface area (Å²) in [5.41, 5.74) is 1.83. The Morgan fingerprint density at radius 3 is 2.75 bits per heavy atom. The largest absolute Gasteiger partial charge is 0.345 e. The van der Waals surface area contributed by atoms with Crippen LogP contribution in [0.1, 0.15) is 6.92 Å². The van der Waals surface area contributed by atoms with E-state index < -0.39 is 0 Å². The van der Waals surface area contributed by atoms with E-state index in [2.05, 4.69) is 22.2 Å². The van der Waals surface area contributed by atoms with E-state index in [-0.39, 0.29) is 5.91 Å². The minimum absolute atomic E-state index is 0.0480. The molecular formula is C14H18N4OS. The highest BCUT2D eigenvalue weighted by molar-refractivity contribution is 7.22. The molecule has 6 heteroatoms. The predicted molar refractivity (Wildman–Crippen MR) is 83.6 cm³/mol. The second-order valence-corrected chi connectivity index (χ2v) is 6.16. The Morgan fingerprint density at radius 1 is 1.30 bits per heavy atom. The number of amides is 1. The van der Waals surface area contributed by atoms with Gasteiger partial charge < -0.3 is 15.1 Å². The molecule has 1 aromatic carbocycles. The fourth-order valence-electron chi connectivity index (χ4n) is 2.33. The number of benzene rings is 1. The second-order valence-electron chi connectivity index (χ2n) is 5.15. The Balaban J connectivity index is 1.84. The van der Waals surface area contributed by atoms with Gasteiger partial charge in [0.05, 0.1) is 10.2 Å². The lowest BCUT2D eigenvalue weighted by Gasteiger charge is -2.31. The third-order valence-corrected chi connectivity index (χ3v) is 4.55. The first-order chi connectivity index (χ1) is 9.61. The zero-order chi connectivity index (χ0) is 14.1. The fraction of sp³-hybridized carbons (Fsp3) is 0.429. The predicted octanol–water partition coefficient (Wildman–Crippen LogP) is 2.01. The summed E-state index contributed by atoms with van der Waals surface area (Å²) in [7, 11) is 2.15. The monoisotopic (exact) mass is 290 g/mol. The zero-order valence-corrected chi connectivity index (χ0v) is 12.5. The summed E-state index contributed by atoms with van der Waals surface area (Å²) >= 11 is 1.69. The van der Waals surface area contributed by atoms with Gasteiger partial charge in [0.15, 0.2) is 5.13 Å². The van der Waals surface area contributed by atoms with Gasteiger partial charge in [-0.3, -0.25) is 4.79 Å². The van der Waals surface area contributed by atoms with Crippen molar-refractivity contribution in [2.75, 3.05) is 43.4 Å². The molecular weight excluding hydrogens is 272 g/mol. The molecule has 0 unspecified atom stereocenters. The Labute approximate surface area is 122 Å². The van der Waals surface area contributed by atoms with Crippen LogP contribution >= 0.6 is 11.3 Å². The van der Waals surface area contributed by atoms with Crippen LogP contribution in [0, 0.1) is 0 Å². The number of piperazine rings is 1. The van der Waals surface area contributed by atoms with Crippen LogP contribution in [0.3, 0.4) is 0 Å². The zero-order valence-electron chi connectivity index (χ0n) is 11.7. The summed E-state index contributed by atoms with van der Waals surface area (Å²) in [4.78, 5) is 20.5. The van der Waals surface area contributed by atoms with Crippen molar-refractivity contribution in [1.29, 1.82) is 0 Å². The van der Waals surface area contributed by atoms with Crippen molar-refractivity contribution >= 4 is 38.3 Å². The summed E-state index contributed by atoms with van der Waals surface area (Å²) in [6, 6.07) is 5.86. The van der Waals surface area contributed by atoms with Crippen LogP contribution in [0.4, 0.5) is 10.8 Å². The van der Waals surface area contributed by atoms with E-state index in [9.17, 15) is 4.79 Å². The Bertz CT molecular complexity index is 631. The number of nitrogens with one attached hydrogen (secondary N) is 1. The van der Waals surface area contributed by atoms with E-state index in [1.807, 2.05) is 18.2 Å². The molecule has 106 valence electrons. The van der Waals surface area contributed by atoms with Crippen LogP contribution in [-0.4, -0.2) is 49.0 Å². The highest BCUT2D eigenvalue weighted by Gasteiger charge is 2.17. The maximum Gasteiger partial charge on any atom is 0.221 e. The molecule has 20 heavy (non-hydrogen) atoms. The quantitative estimate of drug-likeness (QED) is 0.919. The highest BCUT2D eigenvalue weighted by atomic mass is 32.1. The molecule has 1 saturated heterocycles. The number of fused-ring (bicyclic) bond motifs is 1. The Hall–Kier alpha value is -1.66. The van der Waals surface area contributed by atoms with Crippen molar-refractivity contribution in [2.45, 2.75) is 6.92 Å². The van der Waals surface area contributed by atoms with Gasteiger partial charge >= 0.3 is 0 Å². The lowest BCUT2D eigenvalue weighted by molar-refractivity contribution is -0.114. The van der Waals surface area contributed by atoms with Crippen molar-refractivity contribution in [3.05, 3.63) is 18.2 Å². The van der Waals surface area contributed by atoms with Crippen molar-refractivity contribution in [3.63, 3.8) is 0 Å². The van der Waals surface area contributed by atoms with E-state index in [1.165, 1.54) is 6.92 Å². The van der Waals surface area contributed by atoms with Crippen molar-refractivity contribution in [2.24, 2.45) is 0 Å². The van der Waals surface area contributed by atoms with Crippen LogP contribution in [0.25, 0.3) is 10.2 Å². The summed E-state index contributed by atoms with van der Waals surface area (Å²) < 4.78 is 1.12. The van der Waals surface area contributed by atoms with Gasteiger partial charge in [-0.25, -0.2) is 4.98 Å². The number of thiazole rings is 1. The van der Waals surface area contributed by atoms with Gasteiger partial charge in [0.2, 0.25) is 5.91 Å². The molecule has 5 nitrogen and oxygen atoms in total. The van der Waals surface area contributed by atoms with Crippen LogP contribution in [-0.2, 0) is 4.79 Å². The fourth-order valence-corrected chi connectivity index (χ4v) is 3.38. The van der Waals surface area contributed by atoms with E-state index in [0.29, 0.717) is 0 Å². The normalized spacial score (nSPS) is 16.6. The van der Waals surface area contributed by atoms with Crippen molar-refractivity contribution < 1.29 is 4.79 Å². The highest BCUT2D eigenvalue weighted by Crippen LogP contribution is 2.31. The summed E-state index contributed by atoms with van der Waals surface area (Å²) in [5.74, 6) is -0.0480. The van der Waals surface area contributed by atoms with Gasteiger partial charge in [-0.1, -0.05) is 11.3 Å². The smallest absolute Gasteiger partial charge is 0.221 e. The standard InChI is InChI=1S/C14H18N4OS/c1-10(19)15-11-3-4-12-13(9-11)20-14(16-12)18-7-5-17(2)6-8-18/h3-4,9H,5-8H2,1-2H3,(H,15,19). The van der Waals surface area contributed by atoms with E-state index in [4.69, 9.17) is 4.98 Å². The minimum atomic E-state index is -0.0480. The van der Waals surface area contributed by atoms with Crippen LogP contribution in [0.2, 0.25) is 0 Å². The Kier molecular flexibility index (Phi) is 3.58. The van der Waals surface area contributed by atoms with Crippen LogP contribution in [0.5, 0.6) is 0 Å². The first-order valence-electron chi connectivity index (χ1n) is 6.73. The van der Waals surface area contributed by atoms with Gasteiger partial charge in [-0.05, 0) is 25.2 Å². The Morgan fingerprint density at radius 2 is 2.05 bits per heavy atom. The van der Waals surface area contributed by atoms with Gasteiger partial charge in [-0.15, -0.1) is 0 Å². The molecule has 0 saturated carbocycles. The average molecular weight is 290 g/mol. The molecule has 2 heterocycles. The number of hydrogen-bond donors (Lipinski definition) is 1. The van der Waals surface area contributed by atoms with Gasteiger partial charge in [0.25, 0.3) is 0 Å². The molecule has 1 amide bonds. The second kappa shape index (κ2) is 5.38. The maximum atomic E-state index is 11.1. The molecule has 0 bridgehead atoms. The number of carbonyl (C=O) groups is 1. The van der Waals surface area contributed by atoms with Crippen molar-refractivity contribution in [3.8, 4) is 0 Å². The molecule has 1 fully saturated rings. The molecule has 1 N–H and O–H groups in total. The number of anilines is 2. The lowest BCUT2D eigenvalue weighted by atomic mass is 10.3. The van der Waals surface area contributed by atoms with Crippen LogP contribution < -0.4 is 10.2 Å². The summed E-state index contributed by atoms with van der Waals surface area (Å²) in [5, 5.41) is 3.89. The molecule has 0 spiro atoms. The third-order valence-electron chi connectivity index (χ3n) is 3.47. The lowest BCUT2D eigenvalue weighted by Crippen LogP contribution is -2.44. The molecule has 0 atom stereocenters. The van der Waals surface area contributed by atoms with E-state index in [1.54, 1.807) is 11.3 Å². The topological polar surface area (TPSA) is 48.5 Å². The number of likely N-dealkylation sites (N-methyl/N-ethyl adjacent to an activating group) is 1. The van der Waals surface area contributed by atoms with Gasteiger partial charge in [-0.2, -0.15) is 0 Å². The number of carbonyl (C=O) groups excluding carboxylic acids is 1. The third kappa shape index (κ3) is 2.76. The molecule has 1 aromatic heterocycles. The molecule has 0 radical (unpaired) electrons. The molecule has 2 aromatic rings. The van der Waals surface area contributed by atoms with Crippen LogP contribution in [0.15, 0.2) is 18.2 Å². The number of hydrogen-bond acceptors (Lipinski definition) is 5. The van der Waals surface area contributed by atoms with E-state index >= 15 is 0 Å². The summed E-state index contributed by atoms with van der Waals surface area (Å²) in [6.45, 7) is 5.72. The molecule has 0 aliphatic carbocycles. The first kappa shape index (κ1) is 13.3. The van der Waals surface area contributed by atoms with Gasteiger partial charge in [0, 0.05) is 38.8 Å². The average Bonchev–Trinajstić information content (AvgIpc) is 2.81. The first-order valence-corrected chi connectivity index (χ1v) is 7.55. The molecule has 1 aliphatic rings. The maximum absolute atomic E-state index is 11.1.